The molecule has 0 N–H and O–H groups in total. The third-order valence-electron chi connectivity index (χ3n) is 2.36. The van der Waals surface area contributed by atoms with E-state index < -0.39 is 0 Å². The zero-order valence-electron chi connectivity index (χ0n) is 9.08. The first-order chi connectivity index (χ1) is 6.68. The topological polar surface area (TPSA) is 29.4 Å². The average Bonchev–Trinajstić information content (AvgIpc) is 2.50. The van der Waals surface area contributed by atoms with Crippen LogP contribution in [-0.2, 0) is 0 Å². The third kappa shape index (κ3) is 4.80. The predicted octanol–water partition coefficient (Wildman–Crippen LogP) is 3.90. The van der Waals surface area contributed by atoms with Gasteiger partial charge in [0.1, 0.15) is 0 Å². The van der Waals surface area contributed by atoms with Crippen LogP contribution in [0.3, 0.4) is 0 Å². The van der Waals surface area contributed by atoms with Gasteiger partial charge in [-0.05, 0) is 18.8 Å². The molecule has 0 aliphatic carbocycles. The van der Waals surface area contributed by atoms with Crippen LogP contribution in [0, 0.1) is 5.92 Å². The third-order valence-corrected chi connectivity index (χ3v) is 3.17. The molecule has 0 aromatic heterocycles. The Kier molecular flexibility index (Phi) is 5.23. The molecule has 0 aromatic carbocycles. The summed E-state index contributed by atoms with van der Waals surface area (Å²) in [5.41, 5.74) is 1.10. The van der Waals surface area contributed by atoms with Crippen molar-refractivity contribution >= 4 is 22.7 Å². The summed E-state index contributed by atoms with van der Waals surface area (Å²) >= 11 is 1.33. The minimum atomic E-state index is 0.00202. The normalized spacial score (nSPS) is 16.5. The van der Waals surface area contributed by atoms with E-state index in [2.05, 4.69) is 18.8 Å². The molecule has 2 nitrogen and oxygen atoms in total. The molecule has 1 rings (SSSR count). The number of aliphatic imine (C=N–C) groups is 1. The van der Waals surface area contributed by atoms with Gasteiger partial charge in [0, 0.05) is 11.5 Å². The molecule has 0 unspecified atom stereocenters. The molecule has 14 heavy (non-hydrogen) atoms. The molecule has 80 valence electrons. The summed E-state index contributed by atoms with van der Waals surface area (Å²) in [4.78, 5) is 14.8. The Morgan fingerprint density at radius 1 is 1.36 bits per heavy atom. The molecule has 1 aliphatic heterocycles. The van der Waals surface area contributed by atoms with Crippen LogP contribution < -0.4 is 0 Å². The SMILES string of the molecule is CC(C)CCCCCC1=NC(=O)SC1. The molecule has 0 spiro atoms. The number of carbonyl (C=O) groups excluding carboxylic acids is 1. The number of rotatable bonds is 6. The van der Waals surface area contributed by atoms with Crippen LogP contribution in [0.25, 0.3) is 0 Å². The molecule has 0 radical (unpaired) electrons. The van der Waals surface area contributed by atoms with Crippen LogP contribution >= 0.6 is 11.8 Å². The van der Waals surface area contributed by atoms with Crippen LogP contribution in [0.5, 0.6) is 0 Å². The zero-order valence-corrected chi connectivity index (χ0v) is 9.90. The molecular weight excluding hydrogens is 194 g/mol. The molecular formula is C11H19NOS. The van der Waals surface area contributed by atoms with Gasteiger partial charge in [-0.3, -0.25) is 4.79 Å². The second-order valence-electron chi connectivity index (χ2n) is 4.23. The predicted molar refractivity (Wildman–Crippen MR) is 63.2 cm³/mol. The fourth-order valence-corrected chi connectivity index (χ4v) is 2.22. The second kappa shape index (κ2) is 6.23. The highest BCUT2D eigenvalue weighted by atomic mass is 32.2. The zero-order chi connectivity index (χ0) is 10.4. The van der Waals surface area contributed by atoms with Crippen molar-refractivity contribution in [1.29, 1.82) is 0 Å². The van der Waals surface area contributed by atoms with Crippen molar-refractivity contribution < 1.29 is 4.79 Å². The van der Waals surface area contributed by atoms with Gasteiger partial charge < -0.3 is 0 Å². The largest absolute Gasteiger partial charge is 0.305 e. The molecule has 1 heterocycles. The fraction of sp³-hybridized carbons (Fsp3) is 0.818. The first kappa shape index (κ1) is 11.8. The maximum Gasteiger partial charge on any atom is 0.305 e. The Bertz CT molecular complexity index is 223. The Balaban J connectivity index is 1.99. The molecule has 1 aliphatic rings. The number of hydrogen-bond acceptors (Lipinski definition) is 2. The number of nitrogens with zero attached hydrogens (tertiary/aromatic N) is 1. The quantitative estimate of drug-likeness (QED) is 0.626. The summed E-state index contributed by atoms with van der Waals surface area (Å²) < 4.78 is 0. The van der Waals surface area contributed by atoms with Gasteiger partial charge in [0.15, 0.2) is 0 Å². The highest BCUT2D eigenvalue weighted by Crippen LogP contribution is 2.18. The molecule has 0 fully saturated rings. The van der Waals surface area contributed by atoms with E-state index in [-0.39, 0.29) is 5.24 Å². The van der Waals surface area contributed by atoms with Gasteiger partial charge in [-0.15, -0.1) is 0 Å². The Morgan fingerprint density at radius 3 is 2.71 bits per heavy atom. The van der Waals surface area contributed by atoms with E-state index >= 15 is 0 Å². The van der Waals surface area contributed by atoms with Gasteiger partial charge in [0.2, 0.25) is 0 Å². The number of carbonyl (C=O) groups is 1. The molecule has 0 aromatic rings. The molecule has 3 heteroatoms. The summed E-state index contributed by atoms with van der Waals surface area (Å²) in [7, 11) is 0. The van der Waals surface area contributed by atoms with E-state index in [1.807, 2.05) is 0 Å². The van der Waals surface area contributed by atoms with Crippen molar-refractivity contribution in [2.75, 3.05) is 5.75 Å². The number of thioether (sulfide) groups is 1. The summed E-state index contributed by atoms with van der Waals surface area (Å²) in [5, 5.41) is 0.00202. The lowest BCUT2D eigenvalue weighted by Crippen LogP contribution is -1.97. The summed E-state index contributed by atoms with van der Waals surface area (Å²) in [6.07, 6.45) is 6.12. The monoisotopic (exact) mass is 213 g/mol. The molecule has 1 amide bonds. The molecule has 0 saturated heterocycles. The van der Waals surface area contributed by atoms with Gasteiger partial charge in [-0.25, -0.2) is 4.99 Å². The number of unbranched alkanes of at least 4 members (excludes halogenated alkanes) is 2. The Hall–Kier alpha value is -0.310. The van der Waals surface area contributed by atoms with E-state index in [9.17, 15) is 4.79 Å². The lowest BCUT2D eigenvalue weighted by atomic mass is 10.0. The molecule has 0 saturated carbocycles. The van der Waals surface area contributed by atoms with Gasteiger partial charge in [-0.1, -0.05) is 44.9 Å². The summed E-state index contributed by atoms with van der Waals surface area (Å²) in [6, 6.07) is 0. The van der Waals surface area contributed by atoms with Crippen molar-refractivity contribution in [1.82, 2.24) is 0 Å². The minimum absolute atomic E-state index is 0.00202. The van der Waals surface area contributed by atoms with Crippen molar-refractivity contribution in [3.63, 3.8) is 0 Å². The lowest BCUT2D eigenvalue weighted by molar-refractivity contribution is 0.268. The summed E-state index contributed by atoms with van der Waals surface area (Å²) in [6.45, 7) is 4.52. The van der Waals surface area contributed by atoms with Crippen molar-refractivity contribution in [3.8, 4) is 0 Å². The molecule has 0 bridgehead atoms. The molecule has 0 atom stereocenters. The van der Waals surface area contributed by atoms with Crippen molar-refractivity contribution in [2.24, 2.45) is 10.9 Å². The lowest BCUT2D eigenvalue weighted by Gasteiger charge is -2.03. The number of amides is 1. The number of hydrogen-bond donors (Lipinski definition) is 0. The standard InChI is InChI=1S/C11H19NOS/c1-9(2)6-4-3-5-7-10-8-14-11(13)12-10/h9H,3-8H2,1-2H3. The first-order valence-electron chi connectivity index (χ1n) is 5.41. The van der Waals surface area contributed by atoms with E-state index in [4.69, 9.17) is 0 Å². The van der Waals surface area contributed by atoms with Crippen molar-refractivity contribution in [2.45, 2.75) is 46.0 Å². The van der Waals surface area contributed by atoms with Crippen molar-refractivity contribution in [3.05, 3.63) is 0 Å². The van der Waals surface area contributed by atoms with E-state index in [1.54, 1.807) is 0 Å². The maximum atomic E-state index is 10.8. The summed E-state index contributed by atoms with van der Waals surface area (Å²) in [5.74, 6) is 1.65. The van der Waals surface area contributed by atoms with E-state index in [0.29, 0.717) is 0 Å². The highest BCUT2D eigenvalue weighted by Gasteiger charge is 2.13. The highest BCUT2D eigenvalue weighted by molar-refractivity contribution is 8.14. The second-order valence-corrected chi connectivity index (χ2v) is 5.15. The van der Waals surface area contributed by atoms with E-state index in [1.165, 1.54) is 37.4 Å². The van der Waals surface area contributed by atoms with Crippen LogP contribution in [0.2, 0.25) is 0 Å². The first-order valence-corrected chi connectivity index (χ1v) is 6.40. The van der Waals surface area contributed by atoms with Gasteiger partial charge in [0.25, 0.3) is 0 Å². The van der Waals surface area contributed by atoms with Gasteiger partial charge >= 0.3 is 5.24 Å². The minimum Gasteiger partial charge on any atom is -0.259 e. The van der Waals surface area contributed by atoms with Crippen LogP contribution in [0.15, 0.2) is 4.99 Å². The maximum absolute atomic E-state index is 10.8. The van der Waals surface area contributed by atoms with Crippen LogP contribution in [-0.4, -0.2) is 16.7 Å². The van der Waals surface area contributed by atoms with Crippen LogP contribution in [0.1, 0.15) is 46.0 Å². The van der Waals surface area contributed by atoms with E-state index in [0.717, 1.165) is 23.8 Å². The average molecular weight is 213 g/mol. The fourth-order valence-electron chi connectivity index (χ4n) is 1.53. The van der Waals surface area contributed by atoms with Crippen LogP contribution in [0.4, 0.5) is 4.79 Å². The smallest absolute Gasteiger partial charge is 0.259 e. The Labute approximate surface area is 90.6 Å². The Morgan fingerprint density at radius 2 is 2.14 bits per heavy atom. The van der Waals surface area contributed by atoms with Gasteiger partial charge in [0.05, 0.1) is 0 Å². The van der Waals surface area contributed by atoms with Gasteiger partial charge in [-0.2, -0.15) is 0 Å².